The summed E-state index contributed by atoms with van der Waals surface area (Å²) in [5.41, 5.74) is -0.435. The Bertz CT molecular complexity index is 1400. The largest absolute Gasteiger partial charge is 0.493 e. The first-order chi connectivity index (χ1) is 17.1. The molecule has 12 heteroatoms. The van der Waals surface area contributed by atoms with E-state index in [1.165, 1.54) is 37.1 Å². The van der Waals surface area contributed by atoms with Crippen molar-refractivity contribution in [2.24, 2.45) is 0 Å². The molecular formula is C24H19F3N2O7. The van der Waals surface area contributed by atoms with Crippen molar-refractivity contribution in [1.82, 2.24) is 4.57 Å². The molecule has 9 nitrogen and oxygen atoms in total. The van der Waals surface area contributed by atoms with Crippen molar-refractivity contribution >= 4 is 17.6 Å². The molecule has 2 N–H and O–H groups in total. The van der Waals surface area contributed by atoms with E-state index in [4.69, 9.17) is 18.9 Å². The summed E-state index contributed by atoms with van der Waals surface area (Å²) in [6.07, 6.45) is -3.56. The molecule has 1 aromatic heterocycles. The molecule has 2 aromatic carbocycles. The maximum absolute atomic E-state index is 13.4. The Morgan fingerprint density at radius 3 is 2.58 bits per heavy atom. The second-order valence-corrected chi connectivity index (χ2v) is 8.10. The zero-order chi connectivity index (χ0) is 25.8. The second kappa shape index (κ2) is 8.40. The third kappa shape index (κ3) is 3.65. The first-order valence-electron chi connectivity index (χ1n) is 10.6. The monoisotopic (exact) mass is 504 g/mol. The predicted octanol–water partition coefficient (Wildman–Crippen LogP) is 4.41. The normalized spacial score (nSPS) is 16.4. The Morgan fingerprint density at radius 1 is 1.17 bits per heavy atom. The number of methoxy groups -OCH3 is 2. The number of fused-ring (bicyclic) bond motifs is 2. The van der Waals surface area contributed by atoms with Gasteiger partial charge in [-0.15, -0.1) is 0 Å². The van der Waals surface area contributed by atoms with E-state index in [2.05, 4.69) is 5.32 Å². The number of hydrogen-bond donors (Lipinski definition) is 2. The van der Waals surface area contributed by atoms with Crippen molar-refractivity contribution in [3.05, 3.63) is 58.9 Å². The first-order valence-corrected chi connectivity index (χ1v) is 10.6. The van der Waals surface area contributed by atoms with Gasteiger partial charge < -0.3 is 33.9 Å². The standard InChI is InChI=1S/C24H19F3N2O7/c1-33-16-7-14(20(34-2)22-21(16)35-10-36-22)13-8-17(30)28-18-15(23(31)32)9-29(19(13)18)12-5-3-4-11(6-12)24(25,26)27/h3-7,9,13H,8,10H2,1-2H3,(H,28,30)(H,31,32)/t13-/m1/s1. The van der Waals surface area contributed by atoms with Crippen LogP contribution in [-0.4, -0.2) is 42.6 Å². The van der Waals surface area contributed by atoms with Crippen molar-refractivity contribution in [2.45, 2.75) is 18.5 Å². The van der Waals surface area contributed by atoms with Gasteiger partial charge in [-0.2, -0.15) is 13.2 Å². The summed E-state index contributed by atoms with van der Waals surface area (Å²) in [4.78, 5) is 24.8. The van der Waals surface area contributed by atoms with Crippen molar-refractivity contribution < 1.29 is 46.8 Å². The fourth-order valence-electron chi connectivity index (χ4n) is 4.59. The summed E-state index contributed by atoms with van der Waals surface area (Å²) in [6.45, 7) is -0.0916. The van der Waals surface area contributed by atoms with Crippen LogP contribution in [0.3, 0.4) is 0 Å². The van der Waals surface area contributed by atoms with Crippen LogP contribution in [0.1, 0.15) is 39.5 Å². The van der Waals surface area contributed by atoms with E-state index in [1.807, 2.05) is 0 Å². The summed E-state index contributed by atoms with van der Waals surface area (Å²) in [5, 5.41) is 12.4. The van der Waals surface area contributed by atoms with Gasteiger partial charge >= 0.3 is 12.1 Å². The Hall–Kier alpha value is -4.35. The average Bonchev–Trinajstić information content (AvgIpc) is 3.47. The van der Waals surface area contributed by atoms with E-state index in [0.29, 0.717) is 17.1 Å². The summed E-state index contributed by atoms with van der Waals surface area (Å²) < 4.78 is 63.7. The molecule has 1 atom stereocenters. The molecule has 0 aliphatic carbocycles. The Labute approximate surface area is 201 Å². The van der Waals surface area contributed by atoms with Crippen LogP contribution in [0.15, 0.2) is 36.5 Å². The smallest absolute Gasteiger partial charge is 0.416 e. The molecular weight excluding hydrogens is 485 g/mol. The number of halogens is 3. The molecule has 1 amide bonds. The minimum absolute atomic E-state index is 0.0140. The van der Waals surface area contributed by atoms with Gasteiger partial charge in [0.2, 0.25) is 24.2 Å². The number of carboxylic acid groups (broad SMARTS) is 1. The number of ether oxygens (including phenoxy) is 4. The lowest BCUT2D eigenvalue weighted by Crippen LogP contribution is -2.26. The van der Waals surface area contributed by atoms with Gasteiger partial charge in [-0.05, 0) is 24.3 Å². The molecule has 0 radical (unpaired) electrons. The number of alkyl halides is 3. The summed E-state index contributed by atoms with van der Waals surface area (Å²) >= 11 is 0. The number of nitrogens with one attached hydrogen (secondary N) is 1. The minimum Gasteiger partial charge on any atom is -0.493 e. The molecule has 0 unspecified atom stereocenters. The van der Waals surface area contributed by atoms with Crippen LogP contribution in [0.4, 0.5) is 18.9 Å². The molecule has 0 bridgehead atoms. The zero-order valence-electron chi connectivity index (χ0n) is 18.9. The molecule has 2 aliphatic heterocycles. The molecule has 0 fully saturated rings. The van der Waals surface area contributed by atoms with Gasteiger partial charge in [-0.1, -0.05) is 6.07 Å². The van der Waals surface area contributed by atoms with Crippen molar-refractivity contribution in [3.63, 3.8) is 0 Å². The van der Waals surface area contributed by atoms with Crippen LogP contribution in [0, 0.1) is 0 Å². The van der Waals surface area contributed by atoms with E-state index in [0.717, 1.165) is 12.1 Å². The Morgan fingerprint density at radius 2 is 1.92 bits per heavy atom. The zero-order valence-corrected chi connectivity index (χ0v) is 18.9. The van der Waals surface area contributed by atoms with Gasteiger partial charge in [0.05, 0.1) is 31.2 Å². The van der Waals surface area contributed by atoms with E-state index in [-0.39, 0.29) is 47.3 Å². The minimum atomic E-state index is -4.61. The fraction of sp³-hybridized carbons (Fsp3) is 0.250. The lowest BCUT2D eigenvalue weighted by molar-refractivity contribution is -0.137. The van der Waals surface area contributed by atoms with Crippen LogP contribution in [0.5, 0.6) is 23.0 Å². The average molecular weight is 504 g/mol. The number of amides is 1. The number of aromatic nitrogens is 1. The lowest BCUT2D eigenvalue weighted by Gasteiger charge is -2.28. The maximum atomic E-state index is 13.4. The van der Waals surface area contributed by atoms with Gasteiger partial charge in [0, 0.05) is 29.8 Å². The van der Waals surface area contributed by atoms with Gasteiger partial charge in [0.1, 0.15) is 5.56 Å². The number of hydrogen-bond acceptors (Lipinski definition) is 6. The lowest BCUT2D eigenvalue weighted by atomic mass is 9.87. The number of nitrogens with zero attached hydrogens (tertiary/aromatic N) is 1. The highest BCUT2D eigenvalue weighted by Crippen LogP contribution is 2.54. The fourth-order valence-corrected chi connectivity index (χ4v) is 4.59. The quantitative estimate of drug-likeness (QED) is 0.530. The van der Waals surface area contributed by atoms with E-state index < -0.39 is 29.5 Å². The van der Waals surface area contributed by atoms with Crippen molar-refractivity contribution in [1.29, 1.82) is 0 Å². The summed E-state index contributed by atoms with van der Waals surface area (Å²) in [5.74, 6) is -1.57. The van der Waals surface area contributed by atoms with Crippen LogP contribution < -0.4 is 24.3 Å². The molecule has 188 valence electrons. The molecule has 0 spiro atoms. The van der Waals surface area contributed by atoms with Gasteiger partial charge in [-0.3, -0.25) is 4.79 Å². The highest BCUT2D eigenvalue weighted by molar-refractivity contribution is 6.04. The molecule has 0 saturated carbocycles. The summed E-state index contributed by atoms with van der Waals surface area (Å²) in [7, 11) is 2.81. The number of rotatable bonds is 5. The third-order valence-corrected chi connectivity index (χ3v) is 6.10. The third-order valence-electron chi connectivity index (χ3n) is 6.10. The van der Waals surface area contributed by atoms with Crippen molar-refractivity contribution in [3.8, 4) is 28.7 Å². The van der Waals surface area contributed by atoms with E-state index in [1.54, 1.807) is 6.07 Å². The van der Waals surface area contributed by atoms with Crippen LogP contribution in [0.2, 0.25) is 0 Å². The Kier molecular flexibility index (Phi) is 5.46. The second-order valence-electron chi connectivity index (χ2n) is 8.10. The molecule has 0 saturated heterocycles. The van der Waals surface area contributed by atoms with Gasteiger partial charge in [-0.25, -0.2) is 4.79 Å². The van der Waals surface area contributed by atoms with E-state index >= 15 is 0 Å². The van der Waals surface area contributed by atoms with Crippen LogP contribution >= 0.6 is 0 Å². The SMILES string of the molecule is COc1cc([C@H]2CC(=O)Nc3c(C(=O)O)cn(-c4cccc(C(F)(F)F)c4)c32)c(OC)c2c1OCO2. The molecule has 3 aromatic rings. The molecule has 36 heavy (non-hydrogen) atoms. The first kappa shape index (κ1) is 23.4. The molecule has 5 rings (SSSR count). The highest BCUT2D eigenvalue weighted by atomic mass is 19.4. The van der Waals surface area contributed by atoms with Crippen molar-refractivity contribution in [2.75, 3.05) is 26.3 Å². The Balaban J connectivity index is 1.79. The molecule has 3 heterocycles. The number of carbonyl (C=O) groups is 2. The predicted molar refractivity (Wildman–Crippen MR) is 118 cm³/mol. The van der Waals surface area contributed by atoms with Crippen LogP contribution in [-0.2, 0) is 11.0 Å². The maximum Gasteiger partial charge on any atom is 0.416 e. The van der Waals surface area contributed by atoms with Gasteiger partial charge in [0.25, 0.3) is 0 Å². The topological polar surface area (TPSA) is 108 Å². The van der Waals surface area contributed by atoms with Crippen LogP contribution in [0.25, 0.3) is 5.69 Å². The van der Waals surface area contributed by atoms with Gasteiger partial charge in [0.15, 0.2) is 11.5 Å². The number of anilines is 1. The van der Waals surface area contributed by atoms with E-state index in [9.17, 15) is 27.9 Å². The number of carbonyl (C=O) groups excluding carboxylic acids is 1. The number of aromatic carboxylic acids is 1. The molecule has 2 aliphatic rings. The number of benzene rings is 2. The summed E-state index contributed by atoms with van der Waals surface area (Å²) in [6, 6.07) is 6.07. The highest BCUT2D eigenvalue weighted by Gasteiger charge is 2.39. The number of carboxylic acids is 1.